The molecule has 5 nitrogen and oxygen atoms in total. The summed E-state index contributed by atoms with van der Waals surface area (Å²) in [5.74, 6) is -0.101. The van der Waals surface area contributed by atoms with Crippen LogP contribution in [0.3, 0.4) is 0 Å². The smallest absolute Gasteiger partial charge is 0.265 e. The van der Waals surface area contributed by atoms with Gasteiger partial charge in [-0.25, -0.2) is 8.42 Å². The van der Waals surface area contributed by atoms with Crippen LogP contribution in [0.1, 0.15) is 13.3 Å². The maximum atomic E-state index is 11.4. The number of nitrogens with one attached hydrogen (secondary N) is 1. The van der Waals surface area contributed by atoms with Crippen LogP contribution in [0.4, 0.5) is 0 Å². The normalized spacial score (nSPS) is 11.1. The van der Waals surface area contributed by atoms with E-state index in [-0.39, 0.29) is 34.6 Å². The monoisotopic (exact) mass is 325 g/mol. The number of carbonyl (C=O) groups excluding carboxylic acids is 1. The van der Waals surface area contributed by atoms with Gasteiger partial charge in [-0.05, 0) is 25.1 Å². The fraction of sp³-hybridized carbons (Fsp3) is 0.364. The van der Waals surface area contributed by atoms with Gasteiger partial charge in [0.2, 0.25) is 5.91 Å². The molecule has 0 saturated carbocycles. The molecule has 1 N–H and O–H groups in total. The Labute approximate surface area is 121 Å². The zero-order valence-electron chi connectivity index (χ0n) is 10.2. The van der Waals surface area contributed by atoms with Gasteiger partial charge in [0.15, 0.2) is 0 Å². The van der Waals surface area contributed by atoms with Crippen molar-refractivity contribution in [2.75, 3.05) is 13.2 Å². The number of carbonyl (C=O) groups is 1. The van der Waals surface area contributed by atoms with Crippen molar-refractivity contribution < 1.29 is 17.9 Å². The molecule has 1 aromatic rings. The SMILES string of the molecule is CCNC(=O)CCOc1ccc(Cl)cc1S(=O)(=O)Cl. The van der Waals surface area contributed by atoms with Crippen molar-refractivity contribution in [3.05, 3.63) is 23.2 Å². The van der Waals surface area contributed by atoms with Crippen molar-refractivity contribution in [1.29, 1.82) is 0 Å². The molecule has 0 unspecified atom stereocenters. The molecule has 1 aromatic carbocycles. The Morgan fingerprint density at radius 2 is 2.11 bits per heavy atom. The molecule has 8 heteroatoms. The van der Waals surface area contributed by atoms with Crippen LogP contribution in [0.25, 0.3) is 0 Å². The summed E-state index contributed by atoms with van der Waals surface area (Å²) in [5.41, 5.74) is 0. The highest BCUT2D eigenvalue weighted by molar-refractivity contribution is 8.13. The van der Waals surface area contributed by atoms with Gasteiger partial charge in [0.25, 0.3) is 9.05 Å². The number of hydrogen-bond acceptors (Lipinski definition) is 4. The first-order chi connectivity index (χ1) is 8.84. The van der Waals surface area contributed by atoms with Gasteiger partial charge < -0.3 is 10.1 Å². The molecule has 0 aliphatic rings. The third-order valence-electron chi connectivity index (χ3n) is 2.13. The van der Waals surface area contributed by atoms with Crippen LogP contribution >= 0.6 is 22.3 Å². The summed E-state index contributed by atoms with van der Waals surface area (Å²) in [5, 5.41) is 2.83. The highest BCUT2D eigenvalue weighted by Crippen LogP contribution is 2.29. The number of benzene rings is 1. The topological polar surface area (TPSA) is 72.5 Å². The van der Waals surface area contributed by atoms with Gasteiger partial charge in [-0.3, -0.25) is 4.79 Å². The number of hydrogen-bond donors (Lipinski definition) is 1. The van der Waals surface area contributed by atoms with Crippen LogP contribution in [0, 0.1) is 0 Å². The van der Waals surface area contributed by atoms with E-state index in [0.717, 1.165) is 0 Å². The van der Waals surface area contributed by atoms with Crippen molar-refractivity contribution in [1.82, 2.24) is 5.32 Å². The third-order valence-corrected chi connectivity index (χ3v) is 3.71. The molecular weight excluding hydrogens is 313 g/mol. The lowest BCUT2D eigenvalue weighted by atomic mass is 10.3. The second-order valence-electron chi connectivity index (χ2n) is 3.58. The van der Waals surface area contributed by atoms with Crippen molar-refractivity contribution in [2.45, 2.75) is 18.2 Å². The number of ether oxygens (including phenoxy) is 1. The molecule has 0 saturated heterocycles. The fourth-order valence-corrected chi connectivity index (χ4v) is 2.56. The average molecular weight is 326 g/mol. The second kappa shape index (κ2) is 6.98. The summed E-state index contributed by atoms with van der Waals surface area (Å²) >= 11 is 5.71. The Hall–Kier alpha value is -0.980. The predicted molar refractivity (Wildman–Crippen MR) is 73.3 cm³/mol. The standard InChI is InChI=1S/C11H13Cl2NO4S/c1-2-14-11(15)5-6-18-9-4-3-8(12)7-10(9)19(13,16)17/h3-4,7H,2,5-6H2,1H3,(H,14,15). The summed E-state index contributed by atoms with van der Waals surface area (Å²) in [4.78, 5) is 11.0. The van der Waals surface area contributed by atoms with E-state index in [4.69, 9.17) is 27.0 Å². The third kappa shape index (κ3) is 5.26. The van der Waals surface area contributed by atoms with Crippen LogP contribution < -0.4 is 10.1 Å². The number of rotatable bonds is 6. The van der Waals surface area contributed by atoms with Crippen molar-refractivity contribution in [3.63, 3.8) is 0 Å². The summed E-state index contributed by atoms with van der Waals surface area (Å²) in [6, 6.07) is 4.08. The van der Waals surface area contributed by atoms with Crippen molar-refractivity contribution >= 4 is 37.2 Å². The van der Waals surface area contributed by atoms with Gasteiger partial charge >= 0.3 is 0 Å². The Balaban J connectivity index is 2.76. The predicted octanol–water partition coefficient (Wildman–Crippen LogP) is 2.17. The van der Waals surface area contributed by atoms with E-state index in [1.54, 1.807) is 6.92 Å². The zero-order chi connectivity index (χ0) is 14.5. The van der Waals surface area contributed by atoms with Gasteiger partial charge in [0, 0.05) is 22.2 Å². The Kier molecular flexibility index (Phi) is 5.90. The molecule has 0 aliphatic heterocycles. The summed E-state index contributed by atoms with van der Waals surface area (Å²) in [7, 11) is 1.33. The van der Waals surface area contributed by atoms with E-state index < -0.39 is 9.05 Å². The van der Waals surface area contributed by atoms with Gasteiger partial charge in [0.1, 0.15) is 10.6 Å². The molecule has 0 aromatic heterocycles. The minimum Gasteiger partial charge on any atom is -0.492 e. The Morgan fingerprint density at radius 3 is 2.68 bits per heavy atom. The minimum absolute atomic E-state index is 0.0485. The van der Waals surface area contributed by atoms with Crippen LogP contribution in [0.2, 0.25) is 5.02 Å². The first-order valence-corrected chi connectivity index (χ1v) is 8.17. The molecule has 19 heavy (non-hydrogen) atoms. The average Bonchev–Trinajstić information content (AvgIpc) is 2.30. The molecule has 1 amide bonds. The number of halogens is 2. The van der Waals surface area contributed by atoms with Gasteiger partial charge in [0.05, 0.1) is 13.0 Å². The van der Waals surface area contributed by atoms with Crippen molar-refractivity contribution in [3.8, 4) is 5.75 Å². The van der Waals surface area contributed by atoms with Crippen LogP contribution in [-0.4, -0.2) is 27.5 Å². The van der Waals surface area contributed by atoms with Gasteiger partial charge in [-0.15, -0.1) is 0 Å². The van der Waals surface area contributed by atoms with Gasteiger partial charge in [-0.2, -0.15) is 0 Å². The molecule has 1 rings (SSSR count). The quantitative estimate of drug-likeness (QED) is 0.813. The first kappa shape index (κ1) is 16.1. The largest absolute Gasteiger partial charge is 0.492 e. The zero-order valence-corrected chi connectivity index (χ0v) is 12.5. The summed E-state index contributed by atoms with van der Waals surface area (Å²) < 4.78 is 28.0. The van der Waals surface area contributed by atoms with E-state index in [0.29, 0.717) is 6.54 Å². The molecule has 0 bridgehead atoms. The van der Waals surface area contributed by atoms with Crippen LogP contribution in [0.5, 0.6) is 5.75 Å². The number of amides is 1. The van der Waals surface area contributed by atoms with E-state index in [1.165, 1.54) is 18.2 Å². The minimum atomic E-state index is -3.95. The molecule has 0 atom stereocenters. The first-order valence-electron chi connectivity index (χ1n) is 5.48. The molecule has 0 aliphatic carbocycles. The highest BCUT2D eigenvalue weighted by atomic mass is 35.7. The molecule has 0 spiro atoms. The fourth-order valence-electron chi connectivity index (χ4n) is 1.33. The van der Waals surface area contributed by atoms with Gasteiger partial charge in [-0.1, -0.05) is 11.6 Å². The van der Waals surface area contributed by atoms with Crippen LogP contribution in [-0.2, 0) is 13.8 Å². The molecule has 0 heterocycles. The highest BCUT2D eigenvalue weighted by Gasteiger charge is 2.17. The maximum Gasteiger partial charge on any atom is 0.265 e. The summed E-state index contributed by atoms with van der Waals surface area (Å²) in [6.45, 7) is 2.38. The summed E-state index contributed by atoms with van der Waals surface area (Å²) in [6.07, 6.45) is 0.123. The Morgan fingerprint density at radius 1 is 1.42 bits per heavy atom. The Bertz CT molecular complexity index is 560. The molecule has 106 valence electrons. The lowest BCUT2D eigenvalue weighted by Gasteiger charge is -2.09. The van der Waals surface area contributed by atoms with E-state index in [9.17, 15) is 13.2 Å². The molecular formula is C11H13Cl2NO4S. The van der Waals surface area contributed by atoms with E-state index >= 15 is 0 Å². The van der Waals surface area contributed by atoms with Crippen molar-refractivity contribution in [2.24, 2.45) is 0 Å². The molecule has 0 fully saturated rings. The molecule has 0 radical (unpaired) electrons. The maximum absolute atomic E-state index is 11.4. The second-order valence-corrected chi connectivity index (χ2v) is 6.55. The van der Waals surface area contributed by atoms with Crippen LogP contribution in [0.15, 0.2) is 23.1 Å². The van der Waals surface area contributed by atoms with E-state index in [1.807, 2.05) is 0 Å². The lowest BCUT2D eigenvalue weighted by molar-refractivity contribution is -0.121. The lowest BCUT2D eigenvalue weighted by Crippen LogP contribution is -2.24. The van der Waals surface area contributed by atoms with E-state index in [2.05, 4.69) is 5.32 Å².